The number of methoxy groups -OCH3 is 2. The Bertz CT molecular complexity index is 1170. The Morgan fingerprint density at radius 1 is 1.03 bits per heavy atom. The van der Waals surface area contributed by atoms with E-state index in [0.717, 1.165) is 16.4 Å². The number of ether oxygens (including phenoxy) is 2. The molecular weight excluding hydrogens is 398 g/mol. The van der Waals surface area contributed by atoms with Gasteiger partial charge in [-0.3, -0.25) is 14.9 Å². The number of para-hydroxylation sites is 2. The van der Waals surface area contributed by atoms with Gasteiger partial charge in [-0.25, -0.2) is 4.98 Å². The van der Waals surface area contributed by atoms with E-state index in [1.54, 1.807) is 32.4 Å². The topological polar surface area (TPSA) is 121 Å². The SMILES string of the molecule is COc1ccc(OC)c2[nH]c(C(=O)NCCCC(=O)Nc3nc4ccccc4[nH]3)cc12. The molecule has 0 aliphatic heterocycles. The molecule has 0 spiro atoms. The molecule has 0 aliphatic rings. The maximum atomic E-state index is 12.5. The number of nitrogens with zero attached hydrogens (tertiary/aromatic N) is 1. The van der Waals surface area contributed by atoms with E-state index in [1.165, 1.54) is 0 Å². The molecule has 4 aromatic rings. The van der Waals surface area contributed by atoms with Gasteiger partial charge in [-0.1, -0.05) is 12.1 Å². The van der Waals surface area contributed by atoms with Crippen molar-refractivity contribution in [1.82, 2.24) is 20.3 Å². The van der Waals surface area contributed by atoms with Gasteiger partial charge in [-0.15, -0.1) is 0 Å². The molecule has 0 aliphatic carbocycles. The van der Waals surface area contributed by atoms with E-state index in [4.69, 9.17) is 9.47 Å². The van der Waals surface area contributed by atoms with Crippen LogP contribution in [-0.2, 0) is 4.79 Å². The van der Waals surface area contributed by atoms with Crippen LogP contribution in [0.2, 0.25) is 0 Å². The van der Waals surface area contributed by atoms with Crippen LogP contribution >= 0.6 is 0 Å². The molecule has 0 atom stereocenters. The molecule has 160 valence electrons. The highest BCUT2D eigenvalue weighted by Crippen LogP contribution is 2.33. The number of imidazole rings is 1. The van der Waals surface area contributed by atoms with Gasteiger partial charge < -0.3 is 24.8 Å². The van der Waals surface area contributed by atoms with Crippen molar-refractivity contribution in [2.75, 3.05) is 26.1 Å². The first kappa shape index (κ1) is 20.3. The molecule has 2 amide bonds. The van der Waals surface area contributed by atoms with Gasteiger partial charge in [0.2, 0.25) is 11.9 Å². The van der Waals surface area contributed by atoms with Gasteiger partial charge in [0, 0.05) is 18.4 Å². The summed E-state index contributed by atoms with van der Waals surface area (Å²) in [5.41, 5.74) is 2.73. The summed E-state index contributed by atoms with van der Waals surface area (Å²) in [5.74, 6) is 1.24. The molecule has 0 fully saturated rings. The number of amides is 2. The highest BCUT2D eigenvalue weighted by Gasteiger charge is 2.15. The Kier molecular flexibility index (Phi) is 5.74. The molecule has 9 heteroatoms. The average Bonchev–Trinajstić information content (AvgIpc) is 3.40. The van der Waals surface area contributed by atoms with Crippen molar-refractivity contribution in [1.29, 1.82) is 0 Å². The monoisotopic (exact) mass is 421 g/mol. The van der Waals surface area contributed by atoms with Crippen molar-refractivity contribution in [2.24, 2.45) is 0 Å². The molecule has 2 aromatic carbocycles. The lowest BCUT2D eigenvalue weighted by molar-refractivity contribution is -0.116. The Labute approximate surface area is 178 Å². The summed E-state index contributed by atoms with van der Waals surface area (Å²) in [6, 6.07) is 12.8. The second kappa shape index (κ2) is 8.78. The number of rotatable bonds is 8. The average molecular weight is 421 g/mol. The molecule has 2 aromatic heterocycles. The fraction of sp³-hybridized carbons (Fsp3) is 0.227. The Hall–Kier alpha value is -4.01. The summed E-state index contributed by atoms with van der Waals surface area (Å²) in [6.45, 7) is 0.357. The zero-order valence-corrected chi connectivity index (χ0v) is 17.2. The van der Waals surface area contributed by atoms with Crippen LogP contribution in [0.5, 0.6) is 11.5 Å². The first-order valence-electron chi connectivity index (χ1n) is 9.85. The molecule has 0 saturated carbocycles. The van der Waals surface area contributed by atoms with Crippen molar-refractivity contribution in [3.8, 4) is 11.5 Å². The summed E-state index contributed by atoms with van der Waals surface area (Å²) in [4.78, 5) is 35.1. The van der Waals surface area contributed by atoms with E-state index in [9.17, 15) is 9.59 Å². The molecule has 2 heterocycles. The summed E-state index contributed by atoms with van der Waals surface area (Å²) < 4.78 is 10.7. The molecule has 0 saturated heterocycles. The van der Waals surface area contributed by atoms with E-state index in [0.29, 0.717) is 41.6 Å². The number of H-pyrrole nitrogens is 2. The van der Waals surface area contributed by atoms with Crippen LogP contribution in [0.1, 0.15) is 23.3 Å². The number of hydrogen-bond acceptors (Lipinski definition) is 5. The van der Waals surface area contributed by atoms with E-state index in [-0.39, 0.29) is 18.2 Å². The van der Waals surface area contributed by atoms with Gasteiger partial charge in [0.25, 0.3) is 5.91 Å². The van der Waals surface area contributed by atoms with Crippen LogP contribution in [-0.4, -0.2) is 47.5 Å². The van der Waals surface area contributed by atoms with E-state index in [1.807, 2.05) is 24.3 Å². The van der Waals surface area contributed by atoms with E-state index < -0.39 is 0 Å². The predicted octanol–water partition coefficient (Wildman–Crippen LogP) is 3.21. The maximum absolute atomic E-state index is 12.5. The van der Waals surface area contributed by atoms with Crippen molar-refractivity contribution in [2.45, 2.75) is 12.8 Å². The predicted molar refractivity (Wildman–Crippen MR) is 118 cm³/mol. The summed E-state index contributed by atoms with van der Waals surface area (Å²) in [6.07, 6.45) is 0.746. The van der Waals surface area contributed by atoms with E-state index >= 15 is 0 Å². The second-order valence-electron chi connectivity index (χ2n) is 6.95. The number of carbonyl (C=O) groups is 2. The standard InChI is InChI=1S/C22H23N5O4/c1-30-17-9-10-18(31-2)20-13(17)12-16(24-20)21(29)23-11-5-8-19(28)27-22-25-14-6-3-4-7-15(14)26-22/h3-4,6-7,9-10,12,24H,5,8,11H2,1-2H3,(H,23,29)(H2,25,26,27,28). The fourth-order valence-electron chi connectivity index (χ4n) is 3.39. The smallest absolute Gasteiger partial charge is 0.267 e. The van der Waals surface area contributed by atoms with Gasteiger partial charge >= 0.3 is 0 Å². The van der Waals surface area contributed by atoms with Gasteiger partial charge in [-0.05, 0) is 36.8 Å². The van der Waals surface area contributed by atoms with Crippen molar-refractivity contribution in [3.05, 3.63) is 48.2 Å². The number of aromatic amines is 2. The molecule has 4 rings (SSSR count). The normalized spacial score (nSPS) is 10.9. The molecule has 9 nitrogen and oxygen atoms in total. The highest BCUT2D eigenvalue weighted by molar-refractivity contribution is 6.01. The number of nitrogens with one attached hydrogen (secondary N) is 4. The van der Waals surface area contributed by atoms with Crippen LogP contribution in [0.15, 0.2) is 42.5 Å². The van der Waals surface area contributed by atoms with Gasteiger partial charge in [0.15, 0.2) is 0 Å². The Morgan fingerprint density at radius 2 is 1.81 bits per heavy atom. The van der Waals surface area contributed by atoms with Crippen molar-refractivity contribution >= 4 is 39.7 Å². The van der Waals surface area contributed by atoms with Gasteiger partial charge in [-0.2, -0.15) is 0 Å². The molecule has 0 bridgehead atoms. The van der Waals surface area contributed by atoms with Crippen LogP contribution < -0.4 is 20.1 Å². The van der Waals surface area contributed by atoms with Crippen LogP contribution in [0.25, 0.3) is 21.9 Å². The van der Waals surface area contributed by atoms with Gasteiger partial charge in [0.05, 0.1) is 30.8 Å². The van der Waals surface area contributed by atoms with Crippen LogP contribution in [0.3, 0.4) is 0 Å². The summed E-state index contributed by atoms with van der Waals surface area (Å²) in [7, 11) is 3.14. The lowest BCUT2D eigenvalue weighted by atomic mass is 10.2. The zero-order valence-electron chi connectivity index (χ0n) is 17.2. The number of carbonyl (C=O) groups excluding carboxylic acids is 2. The third-order valence-electron chi connectivity index (χ3n) is 4.91. The number of benzene rings is 2. The highest BCUT2D eigenvalue weighted by atomic mass is 16.5. The lowest BCUT2D eigenvalue weighted by Gasteiger charge is -2.05. The number of hydrogen-bond donors (Lipinski definition) is 4. The third-order valence-corrected chi connectivity index (χ3v) is 4.91. The number of anilines is 1. The number of fused-ring (bicyclic) bond motifs is 2. The first-order chi connectivity index (χ1) is 15.1. The maximum Gasteiger partial charge on any atom is 0.267 e. The quantitative estimate of drug-likeness (QED) is 0.326. The van der Waals surface area contributed by atoms with Crippen LogP contribution in [0.4, 0.5) is 5.95 Å². The minimum atomic E-state index is -0.266. The zero-order chi connectivity index (χ0) is 21.8. The van der Waals surface area contributed by atoms with Crippen molar-refractivity contribution < 1.29 is 19.1 Å². The minimum Gasteiger partial charge on any atom is -0.496 e. The summed E-state index contributed by atoms with van der Waals surface area (Å²) >= 11 is 0. The third kappa shape index (κ3) is 4.30. The second-order valence-corrected chi connectivity index (χ2v) is 6.95. The first-order valence-corrected chi connectivity index (χ1v) is 9.85. The Morgan fingerprint density at radius 3 is 2.58 bits per heavy atom. The number of aromatic nitrogens is 3. The Balaban J connectivity index is 1.30. The van der Waals surface area contributed by atoms with E-state index in [2.05, 4.69) is 25.6 Å². The lowest BCUT2D eigenvalue weighted by Crippen LogP contribution is -2.25. The van der Waals surface area contributed by atoms with Gasteiger partial charge in [0.1, 0.15) is 17.2 Å². The molecule has 0 unspecified atom stereocenters. The summed E-state index contributed by atoms with van der Waals surface area (Å²) in [5, 5.41) is 6.32. The molecule has 0 radical (unpaired) electrons. The molecule has 31 heavy (non-hydrogen) atoms. The molecule has 4 N–H and O–H groups in total. The van der Waals surface area contributed by atoms with Crippen molar-refractivity contribution in [3.63, 3.8) is 0 Å². The van der Waals surface area contributed by atoms with Crippen LogP contribution in [0, 0.1) is 0 Å². The largest absolute Gasteiger partial charge is 0.496 e. The fourth-order valence-corrected chi connectivity index (χ4v) is 3.39. The molecular formula is C22H23N5O4. The minimum absolute atomic E-state index is 0.173.